The van der Waals surface area contributed by atoms with Gasteiger partial charge in [-0.25, -0.2) is 4.79 Å². The molecule has 2 fully saturated rings. The fourth-order valence-corrected chi connectivity index (χ4v) is 16.2. The van der Waals surface area contributed by atoms with Crippen LogP contribution in [0.3, 0.4) is 0 Å². The first-order valence-electron chi connectivity index (χ1n) is 11.6. The molecule has 188 valence electrons. The van der Waals surface area contributed by atoms with Crippen molar-refractivity contribution in [1.29, 1.82) is 0 Å². The zero-order chi connectivity index (χ0) is 24.9. The Kier molecular flexibility index (Phi) is 7.30. The summed E-state index contributed by atoms with van der Waals surface area (Å²) in [6, 6.07) is 1.29. The zero-order valence-corrected chi connectivity index (χ0v) is 22.7. The van der Waals surface area contributed by atoms with Crippen molar-refractivity contribution in [3.63, 3.8) is 0 Å². The predicted octanol–water partition coefficient (Wildman–Crippen LogP) is 4.31. The fraction of sp³-hybridized carbons (Fsp3) is 0.810. The molecule has 0 spiro atoms. The van der Waals surface area contributed by atoms with Gasteiger partial charge in [0.05, 0.1) is 6.61 Å². The van der Waals surface area contributed by atoms with Crippen molar-refractivity contribution in [3.05, 3.63) is 22.7 Å². The molecule has 0 saturated carbocycles. The van der Waals surface area contributed by atoms with Crippen LogP contribution in [0.15, 0.2) is 17.1 Å². The van der Waals surface area contributed by atoms with Gasteiger partial charge in [-0.05, 0) is 28.2 Å². The number of aromatic nitrogens is 2. The molecule has 2 N–H and O–H groups in total. The second-order valence-electron chi connectivity index (χ2n) is 10.3. The quantitative estimate of drug-likeness (QED) is 0.595. The number of halogens is 2. The van der Waals surface area contributed by atoms with Gasteiger partial charge in [0.2, 0.25) is 6.23 Å². The monoisotopic (exact) mass is 505 g/mol. The van der Waals surface area contributed by atoms with Crippen LogP contribution in [0, 0.1) is 0 Å². The lowest BCUT2D eigenvalue weighted by molar-refractivity contribution is -0.140. The minimum absolute atomic E-state index is 0.0488. The molecule has 3 rings (SSSR count). The molecule has 2 saturated heterocycles. The molecular weight excluding hydrogens is 468 g/mol. The largest absolute Gasteiger partial charge is 0.414 e. The summed E-state index contributed by atoms with van der Waals surface area (Å²) in [5.74, 6) is -3.56. The van der Waals surface area contributed by atoms with Crippen LogP contribution in [0.5, 0.6) is 0 Å². The van der Waals surface area contributed by atoms with E-state index >= 15 is 8.78 Å². The highest BCUT2D eigenvalue weighted by Gasteiger charge is 2.67. The molecule has 0 unspecified atom stereocenters. The molecule has 2 aliphatic heterocycles. The molecule has 3 atom stereocenters. The second-order valence-corrected chi connectivity index (χ2v) is 19.1. The molecule has 12 heteroatoms. The van der Waals surface area contributed by atoms with E-state index in [1.807, 2.05) is 27.7 Å². The maximum absolute atomic E-state index is 15.9. The number of anilines is 1. The van der Waals surface area contributed by atoms with Crippen molar-refractivity contribution in [1.82, 2.24) is 9.55 Å². The first kappa shape index (κ1) is 26.4. The molecule has 0 amide bonds. The Bertz CT molecular complexity index is 896. The van der Waals surface area contributed by atoms with Gasteiger partial charge in [-0.2, -0.15) is 13.8 Å². The van der Waals surface area contributed by atoms with E-state index in [0.717, 1.165) is 4.57 Å². The standard InChI is InChI=1S/C21H37F2N3O5Si2/c1-12(2)32(13(3)4)28-11-16-18(30-33(31-32,14(5)6)15(7)8)21(22,23)19(29-16)26-10-9-17(24)25-20(26)27/h9-10,12-16,18-19H,11H2,1-8H3,(H2,24,25,27)/t16-,18-,19-/m1/s1. The SMILES string of the molecule is CC(C)[Si]1(C(C)C)OC[C@H]2O[C@@H](n3ccc(N)nc3=O)C(F)(F)[C@@H]2O[Si](C(C)C)(C(C)C)O1. The van der Waals surface area contributed by atoms with Crippen molar-refractivity contribution < 1.29 is 26.5 Å². The maximum Gasteiger partial charge on any atom is 0.351 e. The second kappa shape index (κ2) is 9.12. The number of hydrogen-bond donors (Lipinski definition) is 1. The Morgan fingerprint density at radius 3 is 2.09 bits per heavy atom. The summed E-state index contributed by atoms with van der Waals surface area (Å²) in [5.41, 5.74) is 4.55. The fourth-order valence-electron chi connectivity index (χ4n) is 4.98. The number of alkyl halides is 2. The Morgan fingerprint density at radius 2 is 1.61 bits per heavy atom. The van der Waals surface area contributed by atoms with Gasteiger partial charge in [-0.3, -0.25) is 4.57 Å². The average molecular weight is 506 g/mol. The summed E-state index contributed by atoms with van der Waals surface area (Å²) in [5, 5.41) is 0. The van der Waals surface area contributed by atoms with Crippen molar-refractivity contribution >= 4 is 22.9 Å². The van der Waals surface area contributed by atoms with Gasteiger partial charge in [0, 0.05) is 6.20 Å². The average Bonchev–Trinajstić information content (AvgIpc) is 2.90. The summed E-state index contributed by atoms with van der Waals surface area (Å²) in [4.78, 5) is 15.9. The highest BCUT2D eigenvalue weighted by Crippen LogP contribution is 2.52. The van der Waals surface area contributed by atoms with Crippen molar-refractivity contribution in [2.24, 2.45) is 0 Å². The Hall–Kier alpha value is -1.19. The molecule has 33 heavy (non-hydrogen) atoms. The molecule has 3 heterocycles. The Morgan fingerprint density at radius 1 is 1.06 bits per heavy atom. The van der Waals surface area contributed by atoms with Gasteiger partial charge in [0.25, 0.3) is 0 Å². The van der Waals surface area contributed by atoms with E-state index in [1.54, 1.807) is 0 Å². The molecule has 1 aromatic rings. The summed E-state index contributed by atoms with van der Waals surface area (Å²) < 4.78 is 58.2. The van der Waals surface area contributed by atoms with Crippen LogP contribution in [-0.4, -0.2) is 51.4 Å². The summed E-state index contributed by atoms with van der Waals surface area (Å²) in [7, 11) is -6.15. The number of rotatable bonds is 5. The van der Waals surface area contributed by atoms with Gasteiger partial charge in [-0.15, -0.1) is 0 Å². The van der Waals surface area contributed by atoms with E-state index in [2.05, 4.69) is 32.7 Å². The minimum atomic E-state index is -3.52. The van der Waals surface area contributed by atoms with Crippen LogP contribution in [-0.2, 0) is 17.7 Å². The first-order valence-corrected chi connectivity index (χ1v) is 15.5. The van der Waals surface area contributed by atoms with Crippen LogP contribution < -0.4 is 11.4 Å². The number of hydrogen-bond acceptors (Lipinski definition) is 7. The van der Waals surface area contributed by atoms with Crippen molar-refractivity contribution in [3.8, 4) is 0 Å². The van der Waals surface area contributed by atoms with E-state index in [0.29, 0.717) is 0 Å². The highest BCUT2D eigenvalue weighted by molar-refractivity contribution is 6.84. The topological polar surface area (TPSA) is 97.8 Å². The number of nitrogens with zero attached hydrogens (tertiary/aromatic N) is 2. The van der Waals surface area contributed by atoms with Gasteiger partial charge in [0.15, 0.2) is 0 Å². The van der Waals surface area contributed by atoms with Crippen LogP contribution in [0.25, 0.3) is 0 Å². The molecular formula is C21H37F2N3O5Si2. The van der Waals surface area contributed by atoms with E-state index < -0.39 is 47.2 Å². The van der Waals surface area contributed by atoms with E-state index in [4.69, 9.17) is 23.4 Å². The summed E-state index contributed by atoms with van der Waals surface area (Å²) in [6.07, 6.45) is -3.38. The van der Waals surface area contributed by atoms with E-state index in [-0.39, 0.29) is 34.6 Å². The van der Waals surface area contributed by atoms with Gasteiger partial charge < -0.3 is 23.4 Å². The third-order valence-corrected chi connectivity index (χ3v) is 17.0. The molecule has 0 radical (unpaired) electrons. The lowest BCUT2D eigenvalue weighted by Crippen LogP contribution is -2.66. The first-order chi connectivity index (χ1) is 15.2. The zero-order valence-electron chi connectivity index (χ0n) is 20.7. The van der Waals surface area contributed by atoms with Crippen LogP contribution >= 0.6 is 0 Å². The van der Waals surface area contributed by atoms with Crippen molar-refractivity contribution in [2.45, 2.75) is 102 Å². The smallest absolute Gasteiger partial charge is 0.351 e. The molecule has 0 bridgehead atoms. The number of fused-ring (bicyclic) bond motifs is 1. The molecule has 1 aromatic heterocycles. The normalized spacial score (nSPS) is 28.8. The molecule has 8 nitrogen and oxygen atoms in total. The van der Waals surface area contributed by atoms with Crippen LogP contribution in [0.2, 0.25) is 22.2 Å². The Balaban J connectivity index is 2.13. The van der Waals surface area contributed by atoms with E-state index in [1.165, 1.54) is 12.3 Å². The third-order valence-electron chi connectivity index (χ3n) is 6.78. The van der Waals surface area contributed by atoms with Crippen LogP contribution in [0.1, 0.15) is 61.6 Å². The van der Waals surface area contributed by atoms with Gasteiger partial charge >= 0.3 is 28.7 Å². The molecule has 0 aromatic carbocycles. The lowest BCUT2D eigenvalue weighted by atomic mass is 10.1. The summed E-state index contributed by atoms with van der Waals surface area (Å²) >= 11 is 0. The minimum Gasteiger partial charge on any atom is -0.414 e. The number of nitrogens with two attached hydrogens (primary N) is 1. The third kappa shape index (κ3) is 4.34. The van der Waals surface area contributed by atoms with Crippen molar-refractivity contribution in [2.75, 3.05) is 12.3 Å². The van der Waals surface area contributed by atoms with Gasteiger partial charge in [-0.1, -0.05) is 55.4 Å². The van der Waals surface area contributed by atoms with Gasteiger partial charge in [0.1, 0.15) is 18.0 Å². The lowest BCUT2D eigenvalue weighted by Gasteiger charge is -2.51. The predicted molar refractivity (Wildman–Crippen MR) is 126 cm³/mol. The molecule has 0 aliphatic carbocycles. The number of nitrogen functional groups attached to an aromatic ring is 1. The maximum atomic E-state index is 15.9. The summed E-state index contributed by atoms with van der Waals surface area (Å²) in [6.45, 7) is 16.0. The molecule has 2 aliphatic rings. The van der Waals surface area contributed by atoms with E-state index in [9.17, 15) is 4.79 Å². The van der Waals surface area contributed by atoms with Crippen LogP contribution in [0.4, 0.5) is 14.6 Å². The number of ether oxygens (including phenoxy) is 1. The highest BCUT2D eigenvalue weighted by atomic mass is 28.5. The Labute approximate surface area is 196 Å².